The lowest BCUT2D eigenvalue weighted by Crippen LogP contribution is -2.31. The Bertz CT molecular complexity index is 418. The Balaban J connectivity index is 2.74. The van der Waals surface area contributed by atoms with E-state index in [1.807, 2.05) is 38.9 Å². The smallest absolute Gasteiger partial charge is 0.251 e. The highest BCUT2D eigenvalue weighted by molar-refractivity contribution is 5.95. The van der Waals surface area contributed by atoms with Crippen molar-refractivity contribution in [1.82, 2.24) is 15.2 Å². The molecule has 0 spiro atoms. The van der Waals surface area contributed by atoms with Crippen molar-refractivity contribution in [2.24, 2.45) is 0 Å². The standard InChI is InChI=1S/C14H24N4O/c1-5-12-9-11(10-13(17-12)15-6-2)14(19)16-7-8-18(3)4/h9-10H,5-8H2,1-4H3,(H,15,17)(H,16,19). The normalized spacial score (nSPS) is 10.6. The van der Waals surface area contributed by atoms with Crippen LogP contribution < -0.4 is 10.6 Å². The molecular weight excluding hydrogens is 240 g/mol. The monoisotopic (exact) mass is 264 g/mol. The van der Waals surface area contributed by atoms with Gasteiger partial charge in [0.15, 0.2) is 0 Å². The van der Waals surface area contributed by atoms with E-state index in [4.69, 9.17) is 0 Å². The molecule has 0 atom stereocenters. The first-order valence-corrected chi connectivity index (χ1v) is 6.74. The summed E-state index contributed by atoms with van der Waals surface area (Å²) in [5.41, 5.74) is 1.60. The van der Waals surface area contributed by atoms with Crippen LogP contribution in [0.5, 0.6) is 0 Å². The van der Waals surface area contributed by atoms with Gasteiger partial charge in [-0.3, -0.25) is 4.79 Å². The van der Waals surface area contributed by atoms with E-state index in [9.17, 15) is 4.79 Å². The maximum atomic E-state index is 12.1. The molecule has 0 radical (unpaired) electrons. The maximum absolute atomic E-state index is 12.1. The number of carbonyl (C=O) groups excluding carboxylic acids is 1. The van der Waals surface area contributed by atoms with Gasteiger partial charge < -0.3 is 15.5 Å². The third-order valence-corrected chi connectivity index (χ3v) is 2.71. The van der Waals surface area contributed by atoms with Crippen LogP contribution in [0, 0.1) is 0 Å². The fraction of sp³-hybridized carbons (Fsp3) is 0.571. The molecule has 0 aliphatic heterocycles. The van der Waals surface area contributed by atoms with Crippen LogP contribution in [-0.4, -0.2) is 49.5 Å². The number of aromatic nitrogens is 1. The summed E-state index contributed by atoms with van der Waals surface area (Å²) in [5.74, 6) is 0.720. The lowest BCUT2D eigenvalue weighted by Gasteiger charge is -2.12. The quantitative estimate of drug-likeness (QED) is 0.781. The Labute approximate surface area is 115 Å². The number of carbonyl (C=O) groups is 1. The highest BCUT2D eigenvalue weighted by Crippen LogP contribution is 2.11. The average molecular weight is 264 g/mol. The number of hydrogen-bond acceptors (Lipinski definition) is 4. The summed E-state index contributed by atoms with van der Waals surface area (Å²) in [7, 11) is 3.97. The Morgan fingerprint density at radius 1 is 1.32 bits per heavy atom. The van der Waals surface area contributed by atoms with Gasteiger partial charge in [-0.15, -0.1) is 0 Å². The molecule has 1 amide bonds. The molecule has 1 aromatic heterocycles. The van der Waals surface area contributed by atoms with Crippen LogP contribution in [0.2, 0.25) is 0 Å². The molecule has 0 aliphatic rings. The molecule has 1 rings (SSSR count). The van der Waals surface area contributed by atoms with Crippen LogP contribution in [0.1, 0.15) is 29.9 Å². The third kappa shape index (κ3) is 5.26. The molecule has 1 heterocycles. The minimum atomic E-state index is -0.0434. The average Bonchev–Trinajstić information content (AvgIpc) is 2.38. The molecule has 5 nitrogen and oxygen atoms in total. The summed E-state index contributed by atoms with van der Waals surface area (Å²) in [6, 6.07) is 3.65. The van der Waals surface area contributed by atoms with Crippen molar-refractivity contribution in [2.75, 3.05) is 39.0 Å². The fourth-order valence-corrected chi connectivity index (χ4v) is 1.67. The molecule has 19 heavy (non-hydrogen) atoms. The Morgan fingerprint density at radius 3 is 2.63 bits per heavy atom. The number of rotatable bonds is 7. The van der Waals surface area contributed by atoms with Crippen molar-refractivity contribution in [2.45, 2.75) is 20.3 Å². The minimum Gasteiger partial charge on any atom is -0.370 e. The van der Waals surface area contributed by atoms with Gasteiger partial charge in [0.25, 0.3) is 5.91 Å². The lowest BCUT2D eigenvalue weighted by atomic mass is 10.2. The largest absolute Gasteiger partial charge is 0.370 e. The van der Waals surface area contributed by atoms with E-state index in [-0.39, 0.29) is 5.91 Å². The van der Waals surface area contributed by atoms with Gasteiger partial charge in [0, 0.05) is 30.9 Å². The first-order valence-electron chi connectivity index (χ1n) is 6.74. The van der Waals surface area contributed by atoms with E-state index in [1.54, 1.807) is 6.07 Å². The van der Waals surface area contributed by atoms with Gasteiger partial charge in [0.05, 0.1) is 0 Å². The van der Waals surface area contributed by atoms with Crippen molar-refractivity contribution >= 4 is 11.7 Å². The summed E-state index contributed by atoms with van der Waals surface area (Å²) in [6.07, 6.45) is 0.817. The number of pyridine rings is 1. The molecule has 5 heteroatoms. The van der Waals surface area contributed by atoms with Crippen LogP contribution in [0.25, 0.3) is 0 Å². The minimum absolute atomic E-state index is 0.0434. The van der Waals surface area contributed by atoms with Gasteiger partial charge in [-0.25, -0.2) is 4.98 Å². The molecular formula is C14H24N4O. The van der Waals surface area contributed by atoms with E-state index in [0.717, 1.165) is 31.0 Å². The van der Waals surface area contributed by atoms with Crippen LogP contribution in [0.3, 0.4) is 0 Å². The predicted octanol–water partition coefficient (Wildman–Crippen LogP) is 1.37. The highest BCUT2D eigenvalue weighted by atomic mass is 16.1. The number of aryl methyl sites for hydroxylation is 1. The molecule has 0 unspecified atom stereocenters. The van der Waals surface area contributed by atoms with Crippen LogP contribution in [0.15, 0.2) is 12.1 Å². The number of amides is 1. The van der Waals surface area contributed by atoms with Gasteiger partial charge in [0.2, 0.25) is 0 Å². The Kier molecular flexibility index (Phi) is 6.29. The van der Waals surface area contributed by atoms with Crippen LogP contribution in [-0.2, 0) is 6.42 Å². The van der Waals surface area contributed by atoms with Gasteiger partial charge >= 0.3 is 0 Å². The van der Waals surface area contributed by atoms with Crippen molar-refractivity contribution in [3.8, 4) is 0 Å². The lowest BCUT2D eigenvalue weighted by molar-refractivity contribution is 0.0951. The topological polar surface area (TPSA) is 57.3 Å². The van der Waals surface area contributed by atoms with Crippen molar-refractivity contribution in [3.05, 3.63) is 23.4 Å². The fourth-order valence-electron chi connectivity index (χ4n) is 1.67. The SMILES string of the molecule is CCNc1cc(C(=O)NCCN(C)C)cc(CC)n1. The van der Waals surface area contributed by atoms with Gasteiger partial charge in [-0.1, -0.05) is 6.92 Å². The van der Waals surface area contributed by atoms with Gasteiger partial charge in [0.1, 0.15) is 5.82 Å². The molecule has 1 aromatic rings. The van der Waals surface area contributed by atoms with E-state index >= 15 is 0 Å². The summed E-state index contributed by atoms with van der Waals surface area (Å²) in [4.78, 5) is 18.5. The summed E-state index contributed by atoms with van der Waals surface area (Å²) in [6.45, 7) is 6.31. The first kappa shape index (κ1) is 15.4. The van der Waals surface area contributed by atoms with Crippen molar-refractivity contribution in [3.63, 3.8) is 0 Å². The summed E-state index contributed by atoms with van der Waals surface area (Å²) in [5, 5.41) is 6.07. The second kappa shape index (κ2) is 7.74. The molecule has 0 saturated carbocycles. The first-order chi connectivity index (χ1) is 9.06. The zero-order valence-electron chi connectivity index (χ0n) is 12.3. The number of anilines is 1. The number of nitrogens with zero attached hydrogens (tertiary/aromatic N) is 2. The van der Waals surface area contributed by atoms with Gasteiger partial charge in [-0.05, 0) is 39.6 Å². The highest BCUT2D eigenvalue weighted by Gasteiger charge is 2.09. The maximum Gasteiger partial charge on any atom is 0.251 e. The zero-order chi connectivity index (χ0) is 14.3. The molecule has 0 fully saturated rings. The van der Waals surface area contributed by atoms with E-state index in [0.29, 0.717) is 12.1 Å². The second-order valence-corrected chi connectivity index (χ2v) is 4.68. The predicted molar refractivity (Wildman–Crippen MR) is 78.7 cm³/mol. The number of hydrogen-bond donors (Lipinski definition) is 2. The summed E-state index contributed by atoms with van der Waals surface area (Å²) < 4.78 is 0. The zero-order valence-corrected chi connectivity index (χ0v) is 12.3. The van der Waals surface area contributed by atoms with Crippen molar-refractivity contribution in [1.29, 1.82) is 0 Å². The Hall–Kier alpha value is -1.62. The number of likely N-dealkylation sites (N-methyl/N-ethyl adjacent to an activating group) is 1. The summed E-state index contributed by atoms with van der Waals surface area (Å²) >= 11 is 0. The van der Waals surface area contributed by atoms with Crippen molar-refractivity contribution < 1.29 is 4.79 Å². The molecule has 2 N–H and O–H groups in total. The van der Waals surface area contributed by atoms with E-state index < -0.39 is 0 Å². The molecule has 0 aromatic carbocycles. The molecule has 0 aliphatic carbocycles. The Morgan fingerprint density at radius 2 is 2.05 bits per heavy atom. The molecule has 106 valence electrons. The molecule has 0 saturated heterocycles. The molecule has 0 bridgehead atoms. The second-order valence-electron chi connectivity index (χ2n) is 4.68. The van der Waals surface area contributed by atoms with E-state index in [2.05, 4.69) is 15.6 Å². The van der Waals surface area contributed by atoms with E-state index in [1.165, 1.54) is 0 Å². The van der Waals surface area contributed by atoms with Crippen LogP contribution in [0.4, 0.5) is 5.82 Å². The number of nitrogens with one attached hydrogen (secondary N) is 2. The van der Waals surface area contributed by atoms with Crippen LogP contribution >= 0.6 is 0 Å². The third-order valence-electron chi connectivity index (χ3n) is 2.71. The van der Waals surface area contributed by atoms with Gasteiger partial charge in [-0.2, -0.15) is 0 Å².